The molecule has 0 saturated heterocycles. The zero-order valence-corrected chi connectivity index (χ0v) is 11.3. The molecule has 1 aromatic carbocycles. The molecule has 2 rings (SSSR count). The van der Waals surface area contributed by atoms with Crippen molar-refractivity contribution < 1.29 is 18.7 Å². The van der Waals surface area contributed by atoms with Crippen LogP contribution in [0, 0.1) is 19.7 Å². The second-order valence-electron chi connectivity index (χ2n) is 3.98. The Morgan fingerprint density at radius 2 is 2.21 bits per heavy atom. The zero-order valence-electron chi connectivity index (χ0n) is 10.4. The summed E-state index contributed by atoms with van der Waals surface area (Å²) in [7, 11) is 0. The molecule has 100 valence electrons. The van der Waals surface area contributed by atoms with Gasteiger partial charge in [0.05, 0.1) is 17.0 Å². The van der Waals surface area contributed by atoms with Crippen LogP contribution in [0.5, 0.6) is 0 Å². The maximum atomic E-state index is 13.2. The molecule has 0 bridgehead atoms. The first-order valence-corrected chi connectivity index (χ1v) is 6.54. The van der Waals surface area contributed by atoms with Crippen LogP contribution in [0.1, 0.15) is 27.7 Å². The number of aromatic carboxylic acids is 1. The Morgan fingerprint density at radius 1 is 1.47 bits per heavy atom. The molecule has 0 amide bonds. The average Bonchev–Trinajstić information content (AvgIpc) is 2.67. The van der Waals surface area contributed by atoms with Gasteiger partial charge in [-0.25, -0.2) is 14.2 Å². The first-order chi connectivity index (χ1) is 8.97. The lowest BCUT2D eigenvalue weighted by Gasteiger charge is -2.02. The van der Waals surface area contributed by atoms with Crippen LogP contribution < -0.4 is 0 Å². The van der Waals surface area contributed by atoms with Gasteiger partial charge in [0.2, 0.25) is 5.89 Å². The predicted molar refractivity (Wildman–Crippen MR) is 68.9 cm³/mol. The minimum atomic E-state index is -1.28. The monoisotopic (exact) mass is 281 g/mol. The fraction of sp³-hybridized carbons (Fsp3) is 0.231. The molecular formula is C13H12FNO3S. The van der Waals surface area contributed by atoms with E-state index in [1.807, 2.05) is 13.8 Å². The van der Waals surface area contributed by atoms with Gasteiger partial charge in [0.15, 0.2) is 0 Å². The number of aromatic nitrogens is 1. The standard InChI is InChI=1S/C13H12FNO3S/c1-7-8(2)18-12(15-7)6-19-9-3-4-11(14)10(5-9)13(16)17/h3-5H,6H2,1-2H3,(H,16,17). The van der Waals surface area contributed by atoms with Crippen molar-refractivity contribution in [2.24, 2.45) is 0 Å². The number of hydrogen-bond acceptors (Lipinski definition) is 4. The number of carboxylic acids is 1. The molecule has 0 aliphatic carbocycles. The molecule has 0 spiro atoms. The van der Waals surface area contributed by atoms with Crippen molar-refractivity contribution >= 4 is 17.7 Å². The molecule has 4 nitrogen and oxygen atoms in total. The molecule has 6 heteroatoms. The Kier molecular flexibility index (Phi) is 3.90. The van der Waals surface area contributed by atoms with E-state index in [0.29, 0.717) is 16.5 Å². The molecule has 2 aromatic rings. The zero-order chi connectivity index (χ0) is 14.0. The Hall–Kier alpha value is -1.82. The first kappa shape index (κ1) is 13.6. The van der Waals surface area contributed by atoms with Crippen LogP contribution in [-0.4, -0.2) is 16.1 Å². The maximum absolute atomic E-state index is 13.2. The van der Waals surface area contributed by atoms with Crippen molar-refractivity contribution in [1.29, 1.82) is 0 Å². The summed E-state index contributed by atoms with van der Waals surface area (Å²) in [6.45, 7) is 3.68. The van der Waals surface area contributed by atoms with Gasteiger partial charge in [0.1, 0.15) is 11.6 Å². The molecule has 19 heavy (non-hydrogen) atoms. The summed E-state index contributed by atoms with van der Waals surface area (Å²) in [6, 6.07) is 4.00. The normalized spacial score (nSPS) is 10.7. The van der Waals surface area contributed by atoms with E-state index < -0.39 is 11.8 Å². The van der Waals surface area contributed by atoms with Gasteiger partial charge in [-0.2, -0.15) is 0 Å². The highest BCUT2D eigenvalue weighted by Crippen LogP contribution is 2.25. The Labute approximate surface area is 113 Å². The number of benzene rings is 1. The summed E-state index contributed by atoms with van der Waals surface area (Å²) in [6.07, 6.45) is 0. The van der Waals surface area contributed by atoms with Gasteiger partial charge in [-0.15, -0.1) is 11.8 Å². The minimum Gasteiger partial charge on any atom is -0.478 e. The Balaban J connectivity index is 2.11. The summed E-state index contributed by atoms with van der Waals surface area (Å²) in [4.78, 5) is 15.7. The van der Waals surface area contributed by atoms with Crippen molar-refractivity contribution in [2.45, 2.75) is 24.5 Å². The second-order valence-corrected chi connectivity index (χ2v) is 5.03. The molecule has 0 fully saturated rings. The number of nitrogens with zero attached hydrogens (tertiary/aromatic N) is 1. The smallest absolute Gasteiger partial charge is 0.338 e. The molecule has 0 aliphatic rings. The lowest BCUT2D eigenvalue weighted by molar-refractivity contribution is 0.0691. The van der Waals surface area contributed by atoms with Crippen molar-refractivity contribution in [3.05, 3.63) is 46.9 Å². The van der Waals surface area contributed by atoms with E-state index in [-0.39, 0.29) is 5.56 Å². The number of carboxylic acid groups (broad SMARTS) is 1. The third kappa shape index (κ3) is 3.14. The van der Waals surface area contributed by atoms with Crippen LogP contribution >= 0.6 is 11.8 Å². The van der Waals surface area contributed by atoms with E-state index in [0.717, 1.165) is 17.5 Å². The van der Waals surface area contributed by atoms with E-state index in [4.69, 9.17) is 9.52 Å². The summed E-state index contributed by atoms with van der Waals surface area (Å²) in [5.41, 5.74) is 0.505. The maximum Gasteiger partial charge on any atom is 0.338 e. The lowest BCUT2D eigenvalue weighted by Crippen LogP contribution is -2.00. The summed E-state index contributed by atoms with van der Waals surface area (Å²) >= 11 is 1.35. The summed E-state index contributed by atoms with van der Waals surface area (Å²) < 4.78 is 18.6. The highest BCUT2D eigenvalue weighted by molar-refractivity contribution is 7.98. The molecule has 0 saturated carbocycles. The van der Waals surface area contributed by atoms with Crippen LogP contribution in [0.25, 0.3) is 0 Å². The average molecular weight is 281 g/mol. The molecule has 0 radical (unpaired) electrons. The quantitative estimate of drug-likeness (QED) is 0.870. The Morgan fingerprint density at radius 3 is 2.79 bits per heavy atom. The first-order valence-electron chi connectivity index (χ1n) is 5.56. The van der Waals surface area contributed by atoms with Crippen molar-refractivity contribution in [1.82, 2.24) is 4.98 Å². The van der Waals surface area contributed by atoms with Gasteiger partial charge >= 0.3 is 5.97 Å². The third-order valence-electron chi connectivity index (χ3n) is 2.60. The number of halogens is 1. The Bertz CT molecular complexity index is 605. The highest BCUT2D eigenvalue weighted by Gasteiger charge is 2.12. The molecular weight excluding hydrogens is 269 g/mol. The van der Waals surface area contributed by atoms with Gasteiger partial charge in [0, 0.05) is 4.90 Å². The van der Waals surface area contributed by atoms with Crippen molar-refractivity contribution in [3.8, 4) is 0 Å². The topological polar surface area (TPSA) is 63.3 Å². The van der Waals surface area contributed by atoms with E-state index >= 15 is 0 Å². The number of hydrogen-bond donors (Lipinski definition) is 1. The third-order valence-corrected chi connectivity index (χ3v) is 3.58. The number of oxazole rings is 1. The van der Waals surface area contributed by atoms with Crippen LogP contribution in [-0.2, 0) is 5.75 Å². The van der Waals surface area contributed by atoms with Gasteiger partial charge in [-0.3, -0.25) is 0 Å². The van der Waals surface area contributed by atoms with E-state index in [1.54, 1.807) is 0 Å². The van der Waals surface area contributed by atoms with Crippen molar-refractivity contribution in [3.63, 3.8) is 0 Å². The molecule has 0 aliphatic heterocycles. The van der Waals surface area contributed by atoms with Crippen LogP contribution in [0.2, 0.25) is 0 Å². The SMILES string of the molecule is Cc1nc(CSc2ccc(F)c(C(=O)O)c2)oc1C. The molecule has 1 aromatic heterocycles. The van der Waals surface area contributed by atoms with Crippen LogP contribution in [0.15, 0.2) is 27.5 Å². The molecule has 0 unspecified atom stereocenters. The molecule has 1 heterocycles. The largest absolute Gasteiger partial charge is 0.478 e. The van der Waals surface area contributed by atoms with E-state index in [1.165, 1.54) is 23.9 Å². The summed E-state index contributed by atoms with van der Waals surface area (Å²) in [5, 5.41) is 8.83. The van der Waals surface area contributed by atoms with Crippen molar-refractivity contribution in [2.75, 3.05) is 0 Å². The fourth-order valence-electron chi connectivity index (χ4n) is 1.50. The van der Waals surface area contributed by atoms with E-state index in [9.17, 15) is 9.18 Å². The molecule has 0 atom stereocenters. The minimum absolute atomic E-state index is 0.329. The number of thioether (sulfide) groups is 1. The predicted octanol–water partition coefficient (Wildman–Crippen LogP) is 3.42. The van der Waals surface area contributed by atoms with Crippen LogP contribution in [0.4, 0.5) is 4.39 Å². The second kappa shape index (κ2) is 5.44. The van der Waals surface area contributed by atoms with Gasteiger partial charge in [-0.1, -0.05) is 0 Å². The van der Waals surface area contributed by atoms with Crippen LogP contribution in [0.3, 0.4) is 0 Å². The number of carbonyl (C=O) groups is 1. The molecule has 1 N–H and O–H groups in total. The van der Waals surface area contributed by atoms with Gasteiger partial charge in [0.25, 0.3) is 0 Å². The lowest BCUT2D eigenvalue weighted by atomic mass is 10.2. The fourth-order valence-corrected chi connectivity index (χ4v) is 2.28. The van der Waals surface area contributed by atoms with Gasteiger partial charge < -0.3 is 9.52 Å². The summed E-state index contributed by atoms with van der Waals surface area (Å²) in [5.74, 6) is -0.205. The number of rotatable bonds is 4. The van der Waals surface area contributed by atoms with E-state index in [2.05, 4.69) is 4.98 Å². The number of aryl methyl sites for hydroxylation is 2. The van der Waals surface area contributed by atoms with Gasteiger partial charge in [-0.05, 0) is 32.0 Å². The highest BCUT2D eigenvalue weighted by atomic mass is 32.2.